The van der Waals surface area contributed by atoms with E-state index in [1.807, 2.05) is 0 Å². The summed E-state index contributed by atoms with van der Waals surface area (Å²) in [6, 6.07) is 0. The van der Waals surface area contributed by atoms with Crippen LogP contribution >= 0.6 is 0 Å². The first-order chi connectivity index (χ1) is 8.24. The Morgan fingerprint density at radius 2 is 2.18 bits per heavy atom. The SMILES string of the molecule is CCCCN(CCO)C(=O)C1CCOC1CC. The maximum absolute atomic E-state index is 12.3. The van der Waals surface area contributed by atoms with Crippen molar-refractivity contribution in [3.8, 4) is 0 Å². The Morgan fingerprint density at radius 1 is 1.41 bits per heavy atom. The maximum Gasteiger partial charge on any atom is 0.228 e. The molecule has 0 aromatic carbocycles. The summed E-state index contributed by atoms with van der Waals surface area (Å²) < 4.78 is 5.56. The van der Waals surface area contributed by atoms with Crippen LogP contribution in [0.1, 0.15) is 39.5 Å². The van der Waals surface area contributed by atoms with Crippen molar-refractivity contribution in [2.45, 2.75) is 45.6 Å². The molecule has 4 heteroatoms. The van der Waals surface area contributed by atoms with Gasteiger partial charge in [0.25, 0.3) is 0 Å². The highest BCUT2D eigenvalue weighted by atomic mass is 16.5. The van der Waals surface area contributed by atoms with Crippen molar-refractivity contribution in [3.05, 3.63) is 0 Å². The Morgan fingerprint density at radius 3 is 2.76 bits per heavy atom. The summed E-state index contributed by atoms with van der Waals surface area (Å²) in [6.45, 7) is 6.10. The van der Waals surface area contributed by atoms with Gasteiger partial charge in [-0.25, -0.2) is 0 Å². The van der Waals surface area contributed by atoms with Gasteiger partial charge in [-0.05, 0) is 19.3 Å². The number of nitrogens with zero attached hydrogens (tertiary/aromatic N) is 1. The molecule has 1 aliphatic heterocycles. The number of hydrogen-bond acceptors (Lipinski definition) is 3. The van der Waals surface area contributed by atoms with Gasteiger partial charge in [-0.1, -0.05) is 20.3 Å². The van der Waals surface area contributed by atoms with E-state index in [1.54, 1.807) is 4.90 Å². The molecule has 1 saturated heterocycles. The second-order valence-corrected chi connectivity index (χ2v) is 4.62. The molecule has 2 atom stereocenters. The topological polar surface area (TPSA) is 49.8 Å². The van der Waals surface area contributed by atoms with Crippen LogP contribution in [-0.2, 0) is 9.53 Å². The average Bonchev–Trinajstić information content (AvgIpc) is 2.81. The first kappa shape index (κ1) is 14.5. The van der Waals surface area contributed by atoms with Crippen LogP contribution in [-0.4, -0.2) is 48.3 Å². The van der Waals surface area contributed by atoms with E-state index in [0.29, 0.717) is 13.2 Å². The smallest absolute Gasteiger partial charge is 0.228 e. The first-order valence-corrected chi connectivity index (χ1v) is 6.75. The molecule has 1 aliphatic rings. The molecule has 1 N–H and O–H groups in total. The van der Waals surface area contributed by atoms with Crippen LogP contribution in [0.5, 0.6) is 0 Å². The zero-order chi connectivity index (χ0) is 12.7. The van der Waals surface area contributed by atoms with Crippen molar-refractivity contribution in [2.24, 2.45) is 5.92 Å². The zero-order valence-electron chi connectivity index (χ0n) is 11.0. The first-order valence-electron chi connectivity index (χ1n) is 6.75. The Balaban J connectivity index is 2.56. The molecule has 0 saturated carbocycles. The van der Waals surface area contributed by atoms with Crippen LogP contribution in [0.4, 0.5) is 0 Å². The van der Waals surface area contributed by atoms with Gasteiger partial charge in [0.1, 0.15) is 0 Å². The average molecular weight is 243 g/mol. The molecular weight excluding hydrogens is 218 g/mol. The highest BCUT2D eigenvalue weighted by molar-refractivity contribution is 5.79. The molecule has 1 fully saturated rings. The standard InChI is InChI=1S/C13H25NO3/c1-3-5-7-14(8-9-15)13(16)11-6-10-17-12(11)4-2/h11-12,15H,3-10H2,1-2H3. The molecule has 0 radical (unpaired) electrons. The number of hydrogen-bond donors (Lipinski definition) is 1. The molecule has 1 rings (SSSR count). The second kappa shape index (κ2) is 7.67. The summed E-state index contributed by atoms with van der Waals surface area (Å²) in [7, 11) is 0. The number of carbonyl (C=O) groups is 1. The van der Waals surface area contributed by atoms with Crippen LogP contribution in [0.15, 0.2) is 0 Å². The summed E-state index contributed by atoms with van der Waals surface area (Å²) in [6.07, 6.45) is 3.84. The van der Waals surface area contributed by atoms with Crippen LogP contribution < -0.4 is 0 Å². The van der Waals surface area contributed by atoms with Crippen molar-refractivity contribution in [3.63, 3.8) is 0 Å². The predicted octanol–water partition coefficient (Wildman–Crippen LogP) is 1.42. The normalized spacial score (nSPS) is 23.9. The lowest BCUT2D eigenvalue weighted by Crippen LogP contribution is -2.41. The monoisotopic (exact) mass is 243 g/mol. The second-order valence-electron chi connectivity index (χ2n) is 4.62. The van der Waals surface area contributed by atoms with Gasteiger partial charge in [-0.15, -0.1) is 0 Å². The molecular formula is C13H25NO3. The number of amides is 1. The van der Waals surface area contributed by atoms with Gasteiger partial charge in [-0.3, -0.25) is 4.79 Å². The summed E-state index contributed by atoms with van der Waals surface area (Å²) >= 11 is 0. The fourth-order valence-corrected chi connectivity index (χ4v) is 2.37. The summed E-state index contributed by atoms with van der Waals surface area (Å²) in [5.41, 5.74) is 0. The van der Waals surface area contributed by atoms with Gasteiger partial charge in [0.2, 0.25) is 5.91 Å². The van der Waals surface area contributed by atoms with E-state index < -0.39 is 0 Å². The third-order valence-corrected chi connectivity index (χ3v) is 3.39. The molecule has 100 valence electrons. The minimum Gasteiger partial charge on any atom is -0.395 e. The number of aliphatic hydroxyl groups is 1. The highest BCUT2D eigenvalue weighted by Gasteiger charge is 2.35. The number of aliphatic hydroxyl groups excluding tert-OH is 1. The van der Waals surface area contributed by atoms with E-state index in [0.717, 1.165) is 32.2 Å². The highest BCUT2D eigenvalue weighted by Crippen LogP contribution is 2.25. The molecule has 1 heterocycles. The Bertz CT molecular complexity index is 233. The Labute approximate surface area is 104 Å². The van der Waals surface area contributed by atoms with Gasteiger partial charge in [0, 0.05) is 19.7 Å². The van der Waals surface area contributed by atoms with Gasteiger partial charge in [0.05, 0.1) is 18.6 Å². The molecule has 4 nitrogen and oxygen atoms in total. The van der Waals surface area contributed by atoms with Crippen LogP contribution in [0, 0.1) is 5.92 Å². The minimum absolute atomic E-state index is 0.00315. The maximum atomic E-state index is 12.3. The molecule has 0 aliphatic carbocycles. The number of rotatable bonds is 7. The molecule has 1 amide bonds. The number of ether oxygens (including phenoxy) is 1. The molecule has 17 heavy (non-hydrogen) atoms. The zero-order valence-corrected chi connectivity index (χ0v) is 11.0. The van der Waals surface area contributed by atoms with Crippen LogP contribution in [0.2, 0.25) is 0 Å². The Kier molecular flexibility index (Phi) is 6.52. The summed E-state index contributed by atoms with van der Waals surface area (Å²) in [5.74, 6) is 0.167. The van der Waals surface area contributed by atoms with Crippen molar-refractivity contribution in [1.82, 2.24) is 4.90 Å². The number of unbranched alkanes of at least 4 members (excludes halogenated alkanes) is 1. The summed E-state index contributed by atoms with van der Waals surface area (Å²) in [4.78, 5) is 14.1. The molecule has 2 unspecified atom stereocenters. The quantitative estimate of drug-likeness (QED) is 0.736. The van der Waals surface area contributed by atoms with Crippen molar-refractivity contribution < 1.29 is 14.6 Å². The van der Waals surface area contributed by atoms with E-state index in [9.17, 15) is 4.79 Å². The van der Waals surface area contributed by atoms with Gasteiger partial charge < -0.3 is 14.7 Å². The van der Waals surface area contributed by atoms with Gasteiger partial charge in [0.15, 0.2) is 0 Å². The van der Waals surface area contributed by atoms with E-state index >= 15 is 0 Å². The third-order valence-electron chi connectivity index (χ3n) is 3.39. The lowest BCUT2D eigenvalue weighted by molar-refractivity contribution is -0.138. The fraction of sp³-hybridized carbons (Fsp3) is 0.923. The minimum atomic E-state index is 0.00315. The van der Waals surface area contributed by atoms with Gasteiger partial charge >= 0.3 is 0 Å². The molecule has 0 spiro atoms. The van der Waals surface area contributed by atoms with E-state index in [1.165, 1.54) is 0 Å². The molecule has 0 aromatic heterocycles. The van der Waals surface area contributed by atoms with Crippen LogP contribution in [0.3, 0.4) is 0 Å². The van der Waals surface area contributed by atoms with E-state index in [2.05, 4.69) is 13.8 Å². The lowest BCUT2D eigenvalue weighted by Gasteiger charge is -2.26. The van der Waals surface area contributed by atoms with Crippen LogP contribution in [0.25, 0.3) is 0 Å². The van der Waals surface area contributed by atoms with Crippen molar-refractivity contribution in [1.29, 1.82) is 0 Å². The lowest BCUT2D eigenvalue weighted by atomic mass is 9.97. The number of carbonyl (C=O) groups excluding carboxylic acids is 1. The molecule has 0 aromatic rings. The van der Waals surface area contributed by atoms with Crippen molar-refractivity contribution in [2.75, 3.05) is 26.3 Å². The van der Waals surface area contributed by atoms with E-state index in [4.69, 9.17) is 9.84 Å². The predicted molar refractivity (Wildman–Crippen MR) is 66.7 cm³/mol. The van der Waals surface area contributed by atoms with Crippen molar-refractivity contribution >= 4 is 5.91 Å². The largest absolute Gasteiger partial charge is 0.395 e. The summed E-state index contributed by atoms with van der Waals surface area (Å²) in [5, 5.41) is 9.03. The third kappa shape index (κ3) is 3.96. The molecule has 0 bridgehead atoms. The van der Waals surface area contributed by atoms with Gasteiger partial charge in [-0.2, -0.15) is 0 Å². The fourth-order valence-electron chi connectivity index (χ4n) is 2.37. The van der Waals surface area contributed by atoms with E-state index in [-0.39, 0.29) is 24.5 Å². The Hall–Kier alpha value is -0.610.